The highest BCUT2D eigenvalue weighted by molar-refractivity contribution is 5.86. The molecule has 0 radical (unpaired) electrons. The highest BCUT2D eigenvalue weighted by atomic mass is 19.4. The van der Waals surface area contributed by atoms with Crippen molar-refractivity contribution in [1.29, 1.82) is 0 Å². The molecule has 208 valence electrons. The van der Waals surface area contributed by atoms with Crippen LogP contribution in [0.3, 0.4) is 0 Å². The van der Waals surface area contributed by atoms with Gasteiger partial charge in [-0.2, -0.15) is 57.1 Å². The smallest absolute Gasteiger partial charge is 0.460 e. The second-order valence-corrected chi connectivity index (χ2v) is 6.78. The lowest BCUT2D eigenvalue weighted by Gasteiger charge is -2.39. The number of carbonyl (C=O) groups is 1. The van der Waals surface area contributed by atoms with E-state index in [1.165, 1.54) is 6.92 Å². The Bertz CT molecular complexity index is 722. The topological polar surface area (TPSA) is 54.0 Å². The maximum atomic E-state index is 13.6. The first-order valence-corrected chi connectivity index (χ1v) is 9.06. The normalized spacial score (nSPS) is 15.2. The van der Waals surface area contributed by atoms with Gasteiger partial charge in [-0.05, 0) is 13.8 Å². The van der Waals surface area contributed by atoms with E-state index < -0.39 is 61.3 Å². The van der Waals surface area contributed by atoms with Crippen LogP contribution in [0, 0.1) is 0 Å². The maximum absolute atomic E-state index is 13.6. The third kappa shape index (κ3) is 7.34. The molecule has 0 rings (SSSR count). The molecule has 5 nitrogen and oxygen atoms in total. The fourth-order valence-electron chi connectivity index (χ4n) is 1.85. The molecule has 0 saturated heterocycles. The van der Waals surface area contributed by atoms with Crippen LogP contribution in [0.15, 0.2) is 12.2 Å². The molecule has 0 aliphatic rings. The van der Waals surface area contributed by atoms with Crippen molar-refractivity contribution in [2.24, 2.45) is 0 Å². The first kappa shape index (κ1) is 33.2. The van der Waals surface area contributed by atoms with Gasteiger partial charge in [-0.15, -0.1) is 0 Å². The van der Waals surface area contributed by atoms with Crippen LogP contribution < -0.4 is 0 Å². The Hall–Kier alpha value is -1.82. The molecule has 1 atom stereocenters. The number of rotatable bonds is 15. The zero-order valence-corrected chi connectivity index (χ0v) is 17.8. The van der Waals surface area contributed by atoms with Crippen molar-refractivity contribution in [2.45, 2.75) is 55.9 Å². The largest absolute Gasteiger partial charge is 0.460 e. The van der Waals surface area contributed by atoms with E-state index in [0.717, 1.165) is 6.92 Å². The van der Waals surface area contributed by atoms with Gasteiger partial charge in [0.15, 0.2) is 6.29 Å². The average Bonchev–Trinajstić information content (AvgIpc) is 2.69. The molecule has 0 aliphatic carbocycles. The Labute approximate surface area is 189 Å². The third-order valence-corrected chi connectivity index (χ3v) is 3.89. The van der Waals surface area contributed by atoms with E-state index in [4.69, 9.17) is 4.74 Å². The number of alkyl halides is 13. The van der Waals surface area contributed by atoms with Gasteiger partial charge in [-0.3, -0.25) is 0 Å². The molecule has 0 spiro atoms. The lowest BCUT2D eigenvalue weighted by atomic mass is 9.94. The molecule has 0 aromatic carbocycles. The SMILES string of the molecule is C=C(C)C(=O)OCCOCCOC(C)OCC(F)(F)C(F)(F)C(F)(F)C(F)(F)C(F)(F)C(F)(F)F. The average molecular weight is 550 g/mol. The molecule has 0 heterocycles. The summed E-state index contributed by atoms with van der Waals surface area (Å²) in [6, 6.07) is 0. The Morgan fingerprint density at radius 1 is 0.714 bits per heavy atom. The summed E-state index contributed by atoms with van der Waals surface area (Å²) >= 11 is 0. The summed E-state index contributed by atoms with van der Waals surface area (Å²) in [4.78, 5) is 11.0. The summed E-state index contributed by atoms with van der Waals surface area (Å²) in [7, 11) is 0. The zero-order valence-electron chi connectivity index (χ0n) is 17.8. The second kappa shape index (κ2) is 11.5. The standard InChI is InChI=1S/C17H19F13O5/c1-9(2)11(31)34-7-5-32-4-6-33-10(3)35-8-12(18,19)13(20,21)14(22,23)15(24,25)16(26,27)17(28,29)30/h10H,1,4-8H2,2-3H3. The zero-order chi connectivity index (χ0) is 28.1. The molecule has 1 unspecified atom stereocenters. The Kier molecular flexibility index (Phi) is 10.9. The Balaban J connectivity index is 4.94. The van der Waals surface area contributed by atoms with Crippen molar-refractivity contribution in [1.82, 2.24) is 0 Å². The molecule has 0 saturated carbocycles. The predicted molar refractivity (Wildman–Crippen MR) is 88.7 cm³/mol. The molecular weight excluding hydrogens is 531 g/mol. The number of hydrogen-bond donors (Lipinski definition) is 0. The number of hydrogen-bond acceptors (Lipinski definition) is 5. The van der Waals surface area contributed by atoms with Crippen molar-refractivity contribution in [3.63, 3.8) is 0 Å². The monoisotopic (exact) mass is 550 g/mol. The number of ether oxygens (including phenoxy) is 4. The molecule has 0 fully saturated rings. The second-order valence-electron chi connectivity index (χ2n) is 6.78. The van der Waals surface area contributed by atoms with E-state index >= 15 is 0 Å². The Morgan fingerprint density at radius 2 is 1.17 bits per heavy atom. The van der Waals surface area contributed by atoms with Crippen molar-refractivity contribution in [3.05, 3.63) is 12.2 Å². The lowest BCUT2D eigenvalue weighted by molar-refractivity contribution is -0.442. The highest BCUT2D eigenvalue weighted by Gasteiger charge is 2.90. The summed E-state index contributed by atoms with van der Waals surface area (Å²) in [5.41, 5.74) is 0.0947. The fourth-order valence-corrected chi connectivity index (χ4v) is 1.85. The van der Waals surface area contributed by atoms with Gasteiger partial charge in [0, 0.05) is 5.57 Å². The molecule has 0 aliphatic heterocycles. The van der Waals surface area contributed by atoms with Crippen LogP contribution in [0.4, 0.5) is 57.1 Å². The summed E-state index contributed by atoms with van der Waals surface area (Å²) < 4.78 is 187. The van der Waals surface area contributed by atoms with E-state index in [9.17, 15) is 61.9 Å². The summed E-state index contributed by atoms with van der Waals surface area (Å²) in [5, 5.41) is 0. The third-order valence-electron chi connectivity index (χ3n) is 3.89. The van der Waals surface area contributed by atoms with Gasteiger partial charge >= 0.3 is 41.8 Å². The molecule has 0 aromatic heterocycles. The minimum Gasteiger partial charge on any atom is -0.460 e. The van der Waals surface area contributed by atoms with Crippen molar-refractivity contribution in [3.8, 4) is 0 Å². The summed E-state index contributed by atoms with van der Waals surface area (Å²) in [6.45, 7) is 1.31. The maximum Gasteiger partial charge on any atom is 0.460 e. The van der Waals surface area contributed by atoms with E-state index in [2.05, 4.69) is 20.8 Å². The van der Waals surface area contributed by atoms with Crippen LogP contribution in [0.1, 0.15) is 13.8 Å². The first-order chi connectivity index (χ1) is 15.5. The van der Waals surface area contributed by atoms with Gasteiger partial charge in [-0.25, -0.2) is 4.79 Å². The molecule has 0 amide bonds. The van der Waals surface area contributed by atoms with Crippen LogP contribution in [-0.4, -0.2) is 81.1 Å². The van der Waals surface area contributed by atoms with Crippen molar-refractivity contribution >= 4 is 5.97 Å². The van der Waals surface area contributed by atoms with Gasteiger partial charge in [-0.1, -0.05) is 6.58 Å². The predicted octanol–water partition coefficient (Wildman–Crippen LogP) is 5.24. The van der Waals surface area contributed by atoms with Crippen LogP contribution >= 0.6 is 0 Å². The molecule has 0 N–H and O–H groups in total. The molecule has 0 bridgehead atoms. The summed E-state index contributed by atoms with van der Waals surface area (Å²) in [6.07, 6.45) is -9.38. The molecule has 18 heteroatoms. The number of halogens is 13. The number of carbonyl (C=O) groups excluding carboxylic acids is 1. The molecule has 35 heavy (non-hydrogen) atoms. The van der Waals surface area contributed by atoms with Crippen molar-refractivity contribution in [2.75, 3.05) is 33.0 Å². The van der Waals surface area contributed by atoms with Crippen molar-refractivity contribution < 1.29 is 80.8 Å². The van der Waals surface area contributed by atoms with Gasteiger partial charge in [0.05, 0.1) is 19.8 Å². The molecule has 0 aromatic rings. The van der Waals surface area contributed by atoms with E-state index in [1.54, 1.807) is 0 Å². The lowest BCUT2D eigenvalue weighted by Crippen LogP contribution is -2.70. The van der Waals surface area contributed by atoms with Crippen LogP contribution in [0.5, 0.6) is 0 Å². The minimum atomic E-state index is -7.97. The van der Waals surface area contributed by atoms with E-state index in [-0.39, 0.29) is 25.4 Å². The van der Waals surface area contributed by atoms with Crippen LogP contribution in [-0.2, 0) is 23.7 Å². The number of esters is 1. The highest BCUT2D eigenvalue weighted by Crippen LogP contribution is 2.60. The van der Waals surface area contributed by atoms with E-state index in [1.807, 2.05) is 0 Å². The van der Waals surface area contributed by atoms with Gasteiger partial charge in [0.25, 0.3) is 0 Å². The van der Waals surface area contributed by atoms with Gasteiger partial charge in [0.1, 0.15) is 13.2 Å². The summed E-state index contributed by atoms with van der Waals surface area (Å²) in [5.74, 6) is -38.1. The van der Waals surface area contributed by atoms with E-state index in [0.29, 0.717) is 0 Å². The van der Waals surface area contributed by atoms with Gasteiger partial charge < -0.3 is 18.9 Å². The minimum absolute atomic E-state index is 0.0947. The van der Waals surface area contributed by atoms with Crippen LogP contribution in [0.25, 0.3) is 0 Å². The molecular formula is C17H19F13O5. The fraction of sp³-hybridized carbons (Fsp3) is 0.824. The van der Waals surface area contributed by atoms with Gasteiger partial charge in [0.2, 0.25) is 0 Å². The first-order valence-electron chi connectivity index (χ1n) is 9.06. The Morgan fingerprint density at radius 3 is 1.63 bits per heavy atom. The van der Waals surface area contributed by atoms with Crippen LogP contribution in [0.2, 0.25) is 0 Å². The quantitative estimate of drug-likeness (QED) is 0.0919.